The number of rotatable bonds is 5. The molecule has 136 valence electrons. The van der Waals surface area contributed by atoms with Crippen LogP contribution in [0.1, 0.15) is 11.3 Å². The van der Waals surface area contributed by atoms with E-state index in [1.54, 1.807) is 41.5 Å². The van der Waals surface area contributed by atoms with Gasteiger partial charge in [0.25, 0.3) is 0 Å². The smallest absolute Gasteiger partial charge is 0.247 e. The molecule has 7 heteroatoms. The van der Waals surface area contributed by atoms with E-state index >= 15 is 0 Å². The Bertz CT molecular complexity index is 822. The molecule has 0 radical (unpaired) electrons. The Kier molecular flexibility index (Phi) is 5.37. The molecular weight excluding hydrogens is 353 g/mol. The van der Waals surface area contributed by atoms with Crippen molar-refractivity contribution in [1.82, 2.24) is 10.2 Å². The van der Waals surface area contributed by atoms with Crippen LogP contribution in [0.5, 0.6) is 0 Å². The van der Waals surface area contributed by atoms with Gasteiger partial charge in [0.2, 0.25) is 11.8 Å². The van der Waals surface area contributed by atoms with Crippen molar-refractivity contribution < 1.29 is 14.0 Å². The van der Waals surface area contributed by atoms with Crippen molar-refractivity contribution >= 4 is 34.9 Å². The Morgan fingerprint density at radius 2 is 2.15 bits per heavy atom. The topological polar surface area (TPSA) is 61.4 Å². The molecule has 0 spiro atoms. The monoisotopic (exact) mass is 373 g/mol. The van der Waals surface area contributed by atoms with E-state index in [0.29, 0.717) is 18.7 Å². The molecule has 5 nitrogen and oxygen atoms in total. The fraction of sp³-hybridized carbons (Fsp3) is 0.263. The summed E-state index contributed by atoms with van der Waals surface area (Å²) in [5.41, 5.74) is -0.466. The molecule has 0 saturated carbocycles. The highest BCUT2D eigenvalue weighted by atomic mass is 32.1. The Hall–Kier alpha value is -2.67. The SMILES string of the molecule is CNC(=O)C1(Nc2cccc(F)c2)CCN(C(=O)/C=C/c2cccs2)C1. The molecule has 1 fully saturated rings. The van der Waals surface area contributed by atoms with Crippen LogP contribution in [-0.2, 0) is 9.59 Å². The zero-order valence-corrected chi connectivity index (χ0v) is 15.2. The summed E-state index contributed by atoms with van der Waals surface area (Å²) in [7, 11) is 1.55. The second-order valence-electron chi connectivity index (χ2n) is 6.16. The van der Waals surface area contributed by atoms with Gasteiger partial charge in [-0.3, -0.25) is 9.59 Å². The van der Waals surface area contributed by atoms with E-state index in [1.807, 2.05) is 17.5 Å². The van der Waals surface area contributed by atoms with Gasteiger partial charge in [-0.2, -0.15) is 0 Å². The maximum absolute atomic E-state index is 13.5. The number of carbonyl (C=O) groups excluding carboxylic acids is 2. The lowest BCUT2D eigenvalue weighted by atomic mass is 9.96. The third-order valence-corrected chi connectivity index (χ3v) is 5.22. The molecule has 1 unspecified atom stereocenters. The number of anilines is 1. The summed E-state index contributed by atoms with van der Waals surface area (Å²) in [5, 5.41) is 7.72. The number of hydrogen-bond acceptors (Lipinski definition) is 4. The third-order valence-electron chi connectivity index (χ3n) is 4.38. The first-order valence-electron chi connectivity index (χ1n) is 8.29. The highest BCUT2D eigenvalue weighted by Crippen LogP contribution is 2.27. The molecule has 2 aromatic rings. The van der Waals surface area contributed by atoms with Crippen LogP contribution >= 0.6 is 11.3 Å². The van der Waals surface area contributed by atoms with Gasteiger partial charge in [0.15, 0.2) is 0 Å². The molecule has 1 aromatic heterocycles. The molecule has 1 aromatic carbocycles. The lowest BCUT2D eigenvalue weighted by Crippen LogP contribution is -2.53. The van der Waals surface area contributed by atoms with Crippen molar-refractivity contribution in [2.45, 2.75) is 12.0 Å². The van der Waals surface area contributed by atoms with Crippen molar-refractivity contribution in [2.24, 2.45) is 0 Å². The Balaban J connectivity index is 1.75. The van der Waals surface area contributed by atoms with Crippen LogP contribution in [0.2, 0.25) is 0 Å². The number of thiophene rings is 1. The normalized spacial score (nSPS) is 19.7. The van der Waals surface area contributed by atoms with Crippen molar-refractivity contribution in [2.75, 3.05) is 25.5 Å². The minimum Gasteiger partial charge on any atom is -0.370 e. The highest BCUT2D eigenvalue weighted by Gasteiger charge is 2.45. The minimum absolute atomic E-state index is 0.148. The Morgan fingerprint density at radius 1 is 1.31 bits per heavy atom. The number of hydrogen-bond donors (Lipinski definition) is 2. The first-order valence-corrected chi connectivity index (χ1v) is 9.17. The van der Waals surface area contributed by atoms with Gasteiger partial charge in [0.05, 0.1) is 6.54 Å². The largest absolute Gasteiger partial charge is 0.370 e. The number of nitrogens with zero attached hydrogens (tertiary/aromatic N) is 1. The summed E-state index contributed by atoms with van der Waals surface area (Å²) >= 11 is 1.55. The lowest BCUT2D eigenvalue weighted by Gasteiger charge is -2.29. The van der Waals surface area contributed by atoms with E-state index in [9.17, 15) is 14.0 Å². The predicted octanol–water partition coefficient (Wildman–Crippen LogP) is 2.73. The highest BCUT2D eigenvalue weighted by molar-refractivity contribution is 7.10. The van der Waals surface area contributed by atoms with Gasteiger partial charge in [0.1, 0.15) is 11.4 Å². The van der Waals surface area contributed by atoms with Gasteiger partial charge < -0.3 is 15.5 Å². The number of halogens is 1. The molecule has 1 aliphatic rings. The molecule has 26 heavy (non-hydrogen) atoms. The summed E-state index contributed by atoms with van der Waals surface area (Å²) in [6.07, 6.45) is 3.74. The minimum atomic E-state index is -0.977. The van der Waals surface area contributed by atoms with E-state index < -0.39 is 5.54 Å². The van der Waals surface area contributed by atoms with Crippen LogP contribution in [0.15, 0.2) is 47.9 Å². The maximum Gasteiger partial charge on any atom is 0.247 e. The average molecular weight is 373 g/mol. The molecule has 2 heterocycles. The number of nitrogens with one attached hydrogen (secondary N) is 2. The zero-order valence-electron chi connectivity index (χ0n) is 14.4. The molecule has 1 saturated heterocycles. The number of benzene rings is 1. The maximum atomic E-state index is 13.5. The standard InChI is InChI=1S/C19H20FN3O2S/c1-21-18(25)19(22-15-5-2-4-14(20)12-15)9-10-23(13-19)17(24)8-7-16-6-3-11-26-16/h2-8,11-12,22H,9-10,13H2,1H3,(H,21,25)/b8-7+. The second kappa shape index (κ2) is 7.70. The lowest BCUT2D eigenvalue weighted by molar-refractivity contribution is -0.126. The summed E-state index contributed by atoms with van der Waals surface area (Å²) < 4.78 is 13.5. The van der Waals surface area contributed by atoms with Gasteiger partial charge in [-0.05, 0) is 42.1 Å². The van der Waals surface area contributed by atoms with Gasteiger partial charge >= 0.3 is 0 Å². The van der Waals surface area contributed by atoms with Gasteiger partial charge in [-0.25, -0.2) is 4.39 Å². The Morgan fingerprint density at radius 3 is 2.85 bits per heavy atom. The second-order valence-corrected chi connectivity index (χ2v) is 7.13. The van der Waals surface area contributed by atoms with Crippen molar-refractivity contribution in [3.05, 3.63) is 58.5 Å². The van der Waals surface area contributed by atoms with Crippen molar-refractivity contribution in [1.29, 1.82) is 0 Å². The van der Waals surface area contributed by atoms with Gasteiger partial charge in [0, 0.05) is 30.2 Å². The van der Waals surface area contributed by atoms with E-state index in [4.69, 9.17) is 0 Å². The fourth-order valence-corrected chi connectivity index (χ4v) is 3.69. The van der Waals surface area contributed by atoms with E-state index in [1.165, 1.54) is 18.2 Å². The van der Waals surface area contributed by atoms with E-state index in [2.05, 4.69) is 10.6 Å². The molecule has 2 N–H and O–H groups in total. The van der Waals surface area contributed by atoms with Gasteiger partial charge in [-0.1, -0.05) is 12.1 Å². The van der Waals surface area contributed by atoms with Crippen molar-refractivity contribution in [3.63, 3.8) is 0 Å². The predicted molar refractivity (Wildman–Crippen MR) is 101 cm³/mol. The van der Waals surface area contributed by atoms with Gasteiger partial charge in [-0.15, -0.1) is 11.3 Å². The van der Waals surface area contributed by atoms with Crippen molar-refractivity contribution in [3.8, 4) is 0 Å². The first-order chi connectivity index (χ1) is 12.5. The molecule has 0 aliphatic carbocycles. The van der Waals surface area contributed by atoms with Crippen LogP contribution in [-0.4, -0.2) is 42.4 Å². The molecule has 0 bridgehead atoms. The number of likely N-dealkylation sites (tertiary alicyclic amines) is 1. The molecular formula is C19H20FN3O2S. The fourth-order valence-electron chi connectivity index (χ4n) is 3.07. The molecule has 2 amide bonds. The third kappa shape index (κ3) is 3.94. The van der Waals surface area contributed by atoms with E-state index in [0.717, 1.165) is 4.88 Å². The summed E-state index contributed by atoms with van der Waals surface area (Å²) in [4.78, 5) is 27.6. The molecule has 1 atom stereocenters. The summed E-state index contributed by atoms with van der Waals surface area (Å²) in [5.74, 6) is -0.753. The van der Waals surface area contributed by atoms with Crippen LogP contribution in [0.3, 0.4) is 0 Å². The summed E-state index contributed by atoms with van der Waals surface area (Å²) in [6.45, 7) is 0.667. The Labute approximate surface area is 155 Å². The van der Waals surface area contributed by atoms with Crippen LogP contribution in [0, 0.1) is 5.82 Å². The quantitative estimate of drug-likeness (QED) is 0.793. The van der Waals surface area contributed by atoms with Crippen LogP contribution < -0.4 is 10.6 Å². The van der Waals surface area contributed by atoms with E-state index in [-0.39, 0.29) is 24.2 Å². The molecule has 1 aliphatic heterocycles. The summed E-state index contributed by atoms with van der Waals surface area (Å²) in [6, 6.07) is 9.82. The number of carbonyl (C=O) groups is 2. The number of amides is 2. The van der Waals surface area contributed by atoms with Crippen LogP contribution in [0.25, 0.3) is 6.08 Å². The zero-order chi connectivity index (χ0) is 18.6. The average Bonchev–Trinajstić information content (AvgIpc) is 3.29. The van der Waals surface area contributed by atoms with Crippen LogP contribution in [0.4, 0.5) is 10.1 Å². The first kappa shape index (κ1) is 18.1. The molecule has 3 rings (SSSR count). The number of likely N-dealkylation sites (N-methyl/N-ethyl adjacent to an activating group) is 1.